The summed E-state index contributed by atoms with van der Waals surface area (Å²) < 4.78 is 0. The summed E-state index contributed by atoms with van der Waals surface area (Å²) in [5, 5.41) is 1.07. The molecule has 2 rings (SSSR count). The van der Waals surface area contributed by atoms with Gasteiger partial charge in [-0.15, -0.1) is 0 Å². The molecule has 0 atom stereocenters. The van der Waals surface area contributed by atoms with E-state index in [2.05, 4.69) is 67.4 Å². The van der Waals surface area contributed by atoms with Gasteiger partial charge in [-0.25, -0.2) is 0 Å². The Labute approximate surface area is 113 Å². The van der Waals surface area contributed by atoms with Crippen LogP contribution in [-0.2, 0) is 0 Å². The molecular formula is C16H17NS. The van der Waals surface area contributed by atoms with Crippen LogP contribution in [0.4, 0.5) is 0 Å². The van der Waals surface area contributed by atoms with Gasteiger partial charge in [-0.1, -0.05) is 54.2 Å². The van der Waals surface area contributed by atoms with Crippen LogP contribution in [0.3, 0.4) is 0 Å². The van der Waals surface area contributed by atoms with E-state index >= 15 is 0 Å². The van der Waals surface area contributed by atoms with E-state index in [1.807, 2.05) is 7.05 Å². The van der Waals surface area contributed by atoms with Crippen LogP contribution in [-0.4, -0.2) is 12.1 Å². The molecule has 0 N–H and O–H groups in total. The maximum Gasteiger partial charge on any atom is 0.102 e. The molecule has 0 aliphatic carbocycles. The zero-order chi connectivity index (χ0) is 13.0. The molecule has 0 spiro atoms. The lowest BCUT2D eigenvalue weighted by Gasteiger charge is -2.10. The number of thioether (sulfide) groups is 1. The van der Waals surface area contributed by atoms with Gasteiger partial charge >= 0.3 is 0 Å². The molecule has 0 fully saturated rings. The molecule has 2 aromatic rings. The van der Waals surface area contributed by atoms with E-state index in [4.69, 9.17) is 0 Å². The van der Waals surface area contributed by atoms with Crippen LogP contribution in [0.1, 0.15) is 16.7 Å². The Kier molecular flexibility index (Phi) is 4.21. The molecule has 2 heteroatoms. The summed E-state index contributed by atoms with van der Waals surface area (Å²) in [6.07, 6.45) is 0. The van der Waals surface area contributed by atoms with E-state index in [0.717, 1.165) is 5.04 Å². The Morgan fingerprint density at radius 1 is 0.889 bits per heavy atom. The molecule has 0 amide bonds. The van der Waals surface area contributed by atoms with Crippen molar-refractivity contribution in [3.05, 3.63) is 65.2 Å². The fraction of sp³-hybridized carbons (Fsp3) is 0.188. The Bertz CT molecular complexity index is 573. The van der Waals surface area contributed by atoms with E-state index in [1.165, 1.54) is 21.6 Å². The molecule has 0 aliphatic rings. The topological polar surface area (TPSA) is 12.4 Å². The summed E-state index contributed by atoms with van der Waals surface area (Å²) in [6, 6.07) is 16.8. The fourth-order valence-electron chi connectivity index (χ4n) is 1.81. The van der Waals surface area contributed by atoms with Gasteiger partial charge in [0.15, 0.2) is 0 Å². The van der Waals surface area contributed by atoms with Crippen molar-refractivity contribution in [2.45, 2.75) is 18.7 Å². The van der Waals surface area contributed by atoms with Crippen molar-refractivity contribution < 1.29 is 0 Å². The highest BCUT2D eigenvalue weighted by atomic mass is 32.2. The molecule has 18 heavy (non-hydrogen) atoms. The molecular weight excluding hydrogens is 238 g/mol. The second-order valence-electron chi connectivity index (χ2n) is 4.21. The normalized spacial score (nSPS) is 11.6. The smallest absolute Gasteiger partial charge is 0.102 e. The SMILES string of the molecule is C/N=C(/Sc1ccccc1C)c1ccccc1C. The monoisotopic (exact) mass is 255 g/mol. The van der Waals surface area contributed by atoms with Crippen molar-refractivity contribution in [3.8, 4) is 0 Å². The fourth-order valence-corrected chi connectivity index (χ4v) is 2.82. The van der Waals surface area contributed by atoms with Crippen LogP contribution < -0.4 is 0 Å². The van der Waals surface area contributed by atoms with Crippen LogP contribution in [0.2, 0.25) is 0 Å². The molecule has 0 radical (unpaired) electrons. The lowest BCUT2D eigenvalue weighted by atomic mass is 10.1. The minimum atomic E-state index is 1.07. The van der Waals surface area contributed by atoms with Gasteiger partial charge in [-0.2, -0.15) is 0 Å². The quantitative estimate of drug-likeness (QED) is 0.438. The van der Waals surface area contributed by atoms with E-state index in [9.17, 15) is 0 Å². The molecule has 0 heterocycles. The Morgan fingerprint density at radius 2 is 1.50 bits per heavy atom. The van der Waals surface area contributed by atoms with Crippen molar-refractivity contribution in [2.75, 3.05) is 7.05 Å². The van der Waals surface area contributed by atoms with Crippen molar-refractivity contribution in [3.63, 3.8) is 0 Å². The first-order valence-electron chi connectivity index (χ1n) is 5.98. The zero-order valence-corrected chi connectivity index (χ0v) is 11.8. The summed E-state index contributed by atoms with van der Waals surface area (Å²) in [7, 11) is 1.85. The molecule has 0 saturated carbocycles. The Morgan fingerprint density at radius 3 is 2.11 bits per heavy atom. The number of hydrogen-bond donors (Lipinski definition) is 0. The first kappa shape index (κ1) is 12.9. The summed E-state index contributed by atoms with van der Waals surface area (Å²) in [5.41, 5.74) is 3.77. The maximum atomic E-state index is 4.44. The molecule has 0 aliphatic heterocycles. The van der Waals surface area contributed by atoms with Crippen molar-refractivity contribution in [1.29, 1.82) is 0 Å². The zero-order valence-electron chi connectivity index (χ0n) is 11.0. The maximum absolute atomic E-state index is 4.44. The number of benzene rings is 2. The number of rotatable bonds is 2. The van der Waals surface area contributed by atoms with Crippen molar-refractivity contribution in [1.82, 2.24) is 0 Å². The highest BCUT2D eigenvalue weighted by Gasteiger charge is 2.08. The van der Waals surface area contributed by atoms with Crippen LogP contribution in [0.15, 0.2) is 58.4 Å². The highest BCUT2D eigenvalue weighted by Crippen LogP contribution is 2.27. The number of aliphatic imine (C=N–C) groups is 1. The van der Waals surface area contributed by atoms with E-state index in [0.29, 0.717) is 0 Å². The minimum Gasteiger partial charge on any atom is -0.281 e. The minimum absolute atomic E-state index is 1.07. The molecule has 0 saturated heterocycles. The summed E-state index contributed by atoms with van der Waals surface area (Å²) in [5.74, 6) is 0. The van der Waals surface area contributed by atoms with Crippen molar-refractivity contribution >= 4 is 16.8 Å². The largest absolute Gasteiger partial charge is 0.281 e. The first-order chi connectivity index (χ1) is 8.72. The average molecular weight is 255 g/mol. The average Bonchev–Trinajstić information content (AvgIpc) is 2.39. The molecule has 0 bridgehead atoms. The molecule has 0 aromatic heterocycles. The number of nitrogens with zero attached hydrogens (tertiary/aromatic N) is 1. The summed E-state index contributed by atoms with van der Waals surface area (Å²) in [6.45, 7) is 4.26. The number of aryl methyl sites for hydroxylation is 2. The summed E-state index contributed by atoms with van der Waals surface area (Å²) in [4.78, 5) is 5.70. The van der Waals surface area contributed by atoms with E-state index in [-0.39, 0.29) is 0 Å². The second kappa shape index (κ2) is 5.87. The molecule has 0 unspecified atom stereocenters. The third-order valence-corrected chi connectivity index (χ3v) is 4.15. The van der Waals surface area contributed by atoms with Gasteiger partial charge in [0.1, 0.15) is 5.04 Å². The van der Waals surface area contributed by atoms with E-state index in [1.54, 1.807) is 11.8 Å². The predicted molar refractivity (Wildman–Crippen MR) is 80.7 cm³/mol. The van der Waals surface area contributed by atoms with Gasteiger partial charge in [0.05, 0.1) is 0 Å². The lowest BCUT2D eigenvalue weighted by Crippen LogP contribution is -1.98. The highest BCUT2D eigenvalue weighted by molar-refractivity contribution is 8.14. The van der Waals surface area contributed by atoms with Gasteiger partial charge in [0, 0.05) is 17.5 Å². The van der Waals surface area contributed by atoms with Gasteiger partial charge < -0.3 is 0 Å². The second-order valence-corrected chi connectivity index (χ2v) is 5.24. The van der Waals surface area contributed by atoms with Gasteiger partial charge in [-0.3, -0.25) is 4.99 Å². The molecule has 2 aromatic carbocycles. The number of hydrogen-bond acceptors (Lipinski definition) is 2. The van der Waals surface area contributed by atoms with Gasteiger partial charge in [0.25, 0.3) is 0 Å². The Balaban J connectivity index is 2.33. The van der Waals surface area contributed by atoms with Gasteiger partial charge in [-0.05, 0) is 31.0 Å². The van der Waals surface area contributed by atoms with Crippen molar-refractivity contribution in [2.24, 2.45) is 4.99 Å². The standard InChI is InChI=1S/C16H17NS/c1-12-8-4-6-10-14(12)16(17-3)18-15-11-7-5-9-13(15)2/h4-11H,1-3H3/b17-16+. The van der Waals surface area contributed by atoms with E-state index < -0.39 is 0 Å². The molecule has 1 nitrogen and oxygen atoms in total. The third-order valence-electron chi connectivity index (χ3n) is 2.88. The lowest BCUT2D eigenvalue weighted by molar-refractivity contribution is 1.31. The van der Waals surface area contributed by atoms with Crippen LogP contribution in [0, 0.1) is 13.8 Å². The van der Waals surface area contributed by atoms with Crippen LogP contribution in [0.25, 0.3) is 0 Å². The third kappa shape index (κ3) is 2.82. The first-order valence-corrected chi connectivity index (χ1v) is 6.80. The van der Waals surface area contributed by atoms with Gasteiger partial charge in [0.2, 0.25) is 0 Å². The van der Waals surface area contributed by atoms with Crippen LogP contribution in [0.5, 0.6) is 0 Å². The molecule has 92 valence electrons. The van der Waals surface area contributed by atoms with Crippen LogP contribution >= 0.6 is 11.8 Å². The Hall–Kier alpha value is -1.54. The predicted octanol–water partition coefficient (Wildman–Crippen LogP) is 4.47. The summed E-state index contributed by atoms with van der Waals surface area (Å²) >= 11 is 1.73.